The van der Waals surface area contributed by atoms with Crippen LogP contribution in [0.5, 0.6) is 0 Å². The van der Waals surface area contributed by atoms with Crippen LogP contribution in [0.2, 0.25) is 5.02 Å². The number of aliphatic hydroxyl groups is 1. The molecule has 0 fully saturated rings. The number of halogens is 1. The second kappa shape index (κ2) is 6.27. The standard InChI is InChI=1S/C12H17ClN2O5S/c1-4-14(8-12(2,3)16)21(19,20)11-6-5-9(13)7-10(11)15(17)18/h5-7,16H,4,8H2,1-3H3. The minimum atomic E-state index is -4.10. The van der Waals surface area contributed by atoms with Crippen molar-refractivity contribution >= 4 is 27.3 Å². The summed E-state index contributed by atoms with van der Waals surface area (Å²) in [6.07, 6.45) is 0. The van der Waals surface area contributed by atoms with E-state index in [1.165, 1.54) is 19.9 Å². The maximum Gasteiger partial charge on any atom is 0.290 e. The molecule has 0 aromatic heterocycles. The molecule has 0 aliphatic rings. The van der Waals surface area contributed by atoms with E-state index in [2.05, 4.69) is 0 Å². The molecule has 0 atom stereocenters. The van der Waals surface area contributed by atoms with Crippen LogP contribution in [0, 0.1) is 10.1 Å². The molecule has 0 aliphatic carbocycles. The van der Waals surface area contributed by atoms with Crippen LogP contribution in [0.1, 0.15) is 20.8 Å². The molecule has 21 heavy (non-hydrogen) atoms. The van der Waals surface area contributed by atoms with E-state index in [0.717, 1.165) is 16.4 Å². The summed E-state index contributed by atoms with van der Waals surface area (Å²) < 4.78 is 26.1. The van der Waals surface area contributed by atoms with Gasteiger partial charge < -0.3 is 5.11 Å². The SMILES string of the molecule is CCN(CC(C)(C)O)S(=O)(=O)c1ccc(Cl)cc1[N+](=O)[O-]. The van der Waals surface area contributed by atoms with Gasteiger partial charge in [0.2, 0.25) is 10.0 Å². The molecule has 0 spiro atoms. The van der Waals surface area contributed by atoms with Gasteiger partial charge in [-0.2, -0.15) is 4.31 Å². The molecule has 0 unspecified atom stereocenters. The van der Waals surface area contributed by atoms with Gasteiger partial charge in [-0.25, -0.2) is 8.42 Å². The van der Waals surface area contributed by atoms with Crippen LogP contribution < -0.4 is 0 Å². The molecule has 0 radical (unpaired) electrons. The highest BCUT2D eigenvalue weighted by molar-refractivity contribution is 7.89. The summed E-state index contributed by atoms with van der Waals surface area (Å²) in [5.41, 5.74) is -1.85. The zero-order chi connectivity index (χ0) is 16.4. The molecule has 9 heteroatoms. The van der Waals surface area contributed by atoms with E-state index >= 15 is 0 Å². The number of sulfonamides is 1. The fraction of sp³-hybridized carbons (Fsp3) is 0.500. The van der Waals surface area contributed by atoms with Crippen LogP contribution in [0.4, 0.5) is 5.69 Å². The Morgan fingerprint density at radius 2 is 2.00 bits per heavy atom. The van der Waals surface area contributed by atoms with Crippen LogP contribution in [-0.2, 0) is 10.0 Å². The highest BCUT2D eigenvalue weighted by Crippen LogP contribution is 2.30. The Labute approximate surface area is 128 Å². The van der Waals surface area contributed by atoms with Gasteiger partial charge in [-0.15, -0.1) is 0 Å². The quantitative estimate of drug-likeness (QED) is 0.632. The Bertz CT molecular complexity index is 640. The number of hydrogen-bond acceptors (Lipinski definition) is 5. The van der Waals surface area contributed by atoms with E-state index < -0.39 is 31.1 Å². The molecule has 0 saturated carbocycles. The second-order valence-corrected chi connectivity index (χ2v) is 7.46. The molecule has 118 valence electrons. The van der Waals surface area contributed by atoms with Gasteiger partial charge in [-0.05, 0) is 26.0 Å². The van der Waals surface area contributed by atoms with E-state index in [1.54, 1.807) is 6.92 Å². The summed E-state index contributed by atoms with van der Waals surface area (Å²) in [7, 11) is -4.10. The monoisotopic (exact) mass is 336 g/mol. The third kappa shape index (κ3) is 4.37. The zero-order valence-corrected chi connectivity index (χ0v) is 13.5. The lowest BCUT2D eigenvalue weighted by molar-refractivity contribution is -0.387. The minimum Gasteiger partial charge on any atom is -0.389 e. The molecule has 7 nitrogen and oxygen atoms in total. The molecule has 1 aromatic carbocycles. The number of hydrogen-bond donors (Lipinski definition) is 1. The van der Waals surface area contributed by atoms with E-state index in [1.807, 2.05) is 0 Å². The fourth-order valence-corrected chi connectivity index (χ4v) is 3.70. The van der Waals surface area contributed by atoms with Crippen molar-refractivity contribution in [3.63, 3.8) is 0 Å². The van der Waals surface area contributed by atoms with Gasteiger partial charge in [0.25, 0.3) is 5.69 Å². The van der Waals surface area contributed by atoms with Crippen molar-refractivity contribution in [3.8, 4) is 0 Å². The molecular formula is C12H17ClN2O5S. The van der Waals surface area contributed by atoms with Gasteiger partial charge in [-0.3, -0.25) is 10.1 Å². The molecule has 0 heterocycles. The summed E-state index contributed by atoms with van der Waals surface area (Å²) in [6, 6.07) is 3.37. The summed E-state index contributed by atoms with van der Waals surface area (Å²) in [5.74, 6) is 0. The molecule has 1 aromatic rings. The first-order chi connectivity index (χ1) is 9.49. The first kappa shape index (κ1) is 17.8. The van der Waals surface area contributed by atoms with Crippen LogP contribution >= 0.6 is 11.6 Å². The maximum atomic E-state index is 12.5. The molecule has 1 rings (SSSR count). The van der Waals surface area contributed by atoms with Crippen LogP contribution in [-0.4, -0.2) is 41.4 Å². The Morgan fingerprint density at radius 1 is 1.43 bits per heavy atom. The van der Waals surface area contributed by atoms with Gasteiger partial charge in [-0.1, -0.05) is 18.5 Å². The van der Waals surface area contributed by atoms with Crippen molar-refractivity contribution in [1.82, 2.24) is 4.31 Å². The van der Waals surface area contributed by atoms with Crippen molar-refractivity contribution in [2.24, 2.45) is 0 Å². The molecule has 0 saturated heterocycles. The average molecular weight is 337 g/mol. The predicted molar refractivity (Wildman–Crippen MR) is 78.8 cm³/mol. The summed E-state index contributed by atoms with van der Waals surface area (Å²) >= 11 is 5.68. The van der Waals surface area contributed by atoms with Gasteiger partial charge in [0.1, 0.15) is 0 Å². The Kier molecular flexibility index (Phi) is 5.32. The summed E-state index contributed by atoms with van der Waals surface area (Å²) in [5, 5.41) is 20.9. The van der Waals surface area contributed by atoms with Gasteiger partial charge in [0.15, 0.2) is 4.90 Å². The number of nitro groups is 1. The normalized spacial score (nSPS) is 12.7. The lowest BCUT2D eigenvalue weighted by atomic mass is 10.1. The minimum absolute atomic E-state index is 0.0752. The third-order valence-corrected chi connectivity index (χ3v) is 4.85. The van der Waals surface area contributed by atoms with Crippen molar-refractivity contribution in [2.45, 2.75) is 31.3 Å². The maximum absolute atomic E-state index is 12.5. The third-order valence-electron chi connectivity index (χ3n) is 2.65. The molecule has 0 amide bonds. The smallest absolute Gasteiger partial charge is 0.290 e. The average Bonchev–Trinajstić information content (AvgIpc) is 2.34. The summed E-state index contributed by atoms with van der Waals surface area (Å²) in [4.78, 5) is 9.79. The van der Waals surface area contributed by atoms with Crippen molar-refractivity contribution in [1.29, 1.82) is 0 Å². The van der Waals surface area contributed by atoms with Crippen LogP contribution in [0.25, 0.3) is 0 Å². The Balaban J connectivity index is 3.39. The lowest BCUT2D eigenvalue weighted by Crippen LogP contribution is -2.42. The largest absolute Gasteiger partial charge is 0.389 e. The zero-order valence-electron chi connectivity index (χ0n) is 11.9. The number of benzene rings is 1. The number of likely N-dealkylation sites (N-methyl/N-ethyl adjacent to an activating group) is 1. The van der Waals surface area contributed by atoms with Gasteiger partial charge in [0.05, 0.1) is 10.5 Å². The number of nitrogens with zero attached hydrogens (tertiary/aromatic N) is 2. The van der Waals surface area contributed by atoms with E-state index in [4.69, 9.17) is 11.6 Å². The molecule has 1 N–H and O–H groups in total. The van der Waals surface area contributed by atoms with Gasteiger partial charge in [0, 0.05) is 24.2 Å². The van der Waals surface area contributed by atoms with Crippen LogP contribution in [0.3, 0.4) is 0 Å². The molecule has 0 aliphatic heterocycles. The Morgan fingerprint density at radius 3 is 2.43 bits per heavy atom. The molecule has 0 bridgehead atoms. The van der Waals surface area contributed by atoms with E-state index in [9.17, 15) is 23.6 Å². The lowest BCUT2D eigenvalue weighted by Gasteiger charge is -2.27. The van der Waals surface area contributed by atoms with Crippen LogP contribution in [0.15, 0.2) is 23.1 Å². The first-order valence-electron chi connectivity index (χ1n) is 6.15. The second-order valence-electron chi connectivity index (χ2n) is 5.11. The van der Waals surface area contributed by atoms with E-state index in [0.29, 0.717) is 0 Å². The highest BCUT2D eigenvalue weighted by Gasteiger charge is 2.33. The topological polar surface area (TPSA) is 101 Å². The first-order valence-corrected chi connectivity index (χ1v) is 7.97. The van der Waals surface area contributed by atoms with E-state index in [-0.39, 0.29) is 18.1 Å². The van der Waals surface area contributed by atoms with Crippen molar-refractivity contribution in [3.05, 3.63) is 33.3 Å². The van der Waals surface area contributed by atoms with Crippen molar-refractivity contribution in [2.75, 3.05) is 13.1 Å². The fourth-order valence-electron chi connectivity index (χ4n) is 1.79. The molecular weight excluding hydrogens is 320 g/mol. The number of rotatable bonds is 6. The van der Waals surface area contributed by atoms with Gasteiger partial charge >= 0.3 is 0 Å². The van der Waals surface area contributed by atoms with Crippen molar-refractivity contribution < 1.29 is 18.4 Å². The predicted octanol–water partition coefficient (Wildman–Crippen LogP) is 2.03. The number of nitro benzene ring substituents is 1. The Hall–Kier alpha value is -1.22. The highest BCUT2D eigenvalue weighted by atomic mass is 35.5. The summed E-state index contributed by atoms with van der Waals surface area (Å²) in [6.45, 7) is 4.41.